The maximum atomic E-state index is 12.6. The highest BCUT2D eigenvalue weighted by atomic mass is 16.5. The molecule has 1 aromatic carbocycles. The lowest BCUT2D eigenvalue weighted by Gasteiger charge is -2.27. The van der Waals surface area contributed by atoms with Gasteiger partial charge in [0.15, 0.2) is 11.5 Å². The van der Waals surface area contributed by atoms with Gasteiger partial charge in [-0.3, -0.25) is 9.59 Å². The highest BCUT2D eigenvalue weighted by Crippen LogP contribution is 2.37. The van der Waals surface area contributed by atoms with Crippen molar-refractivity contribution >= 4 is 23.9 Å². The van der Waals surface area contributed by atoms with E-state index in [0.717, 1.165) is 24.2 Å². The van der Waals surface area contributed by atoms with Crippen molar-refractivity contribution < 1.29 is 29.0 Å². The van der Waals surface area contributed by atoms with Crippen molar-refractivity contribution in [1.29, 1.82) is 0 Å². The number of hydrogen-bond acceptors (Lipinski definition) is 6. The molecular formula is C19H23N3O6. The monoisotopic (exact) mass is 389 g/mol. The largest absolute Gasteiger partial charge is 0.502 e. The molecule has 1 aromatic rings. The number of phenols is 1. The summed E-state index contributed by atoms with van der Waals surface area (Å²) in [4.78, 5) is 39.8. The smallest absolute Gasteiger partial charge is 0.329 e. The van der Waals surface area contributed by atoms with Crippen LogP contribution < -0.4 is 14.8 Å². The summed E-state index contributed by atoms with van der Waals surface area (Å²) in [7, 11) is 2.78. The Hall–Kier alpha value is -3.23. The van der Waals surface area contributed by atoms with Crippen molar-refractivity contribution in [2.75, 3.05) is 33.9 Å². The number of nitrogens with zero attached hydrogens (tertiary/aromatic N) is 2. The molecule has 9 nitrogen and oxygen atoms in total. The average Bonchev–Trinajstić information content (AvgIpc) is 2.97. The number of methoxy groups -OCH3 is 2. The van der Waals surface area contributed by atoms with Crippen LogP contribution in [-0.2, 0) is 9.59 Å². The number of carbonyl (C=O) groups excluding carboxylic acids is 3. The van der Waals surface area contributed by atoms with Crippen LogP contribution in [0, 0.1) is 0 Å². The van der Waals surface area contributed by atoms with Gasteiger partial charge in [0.1, 0.15) is 12.2 Å². The van der Waals surface area contributed by atoms with Crippen molar-refractivity contribution in [2.24, 2.45) is 0 Å². The van der Waals surface area contributed by atoms with Crippen LogP contribution >= 0.6 is 0 Å². The molecule has 2 fully saturated rings. The SMILES string of the molecule is COc1cc(/C=C2\NC(=O)N(CC(=O)N3CCCCC3)C2=O)cc(OC)c1O. The molecule has 0 bridgehead atoms. The fourth-order valence-electron chi connectivity index (χ4n) is 3.26. The Morgan fingerprint density at radius 3 is 2.32 bits per heavy atom. The summed E-state index contributed by atoms with van der Waals surface area (Å²) >= 11 is 0. The predicted octanol–water partition coefficient (Wildman–Crippen LogP) is 1.31. The molecule has 0 aromatic heterocycles. The standard InChI is InChI=1S/C19H23N3O6/c1-27-14-9-12(10-15(28-2)17(14)24)8-13-18(25)22(19(26)20-13)11-16(23)21-6-4-3-5-7-21/h8-10,24H,3-7,11H2,1-2H3,(H,20,26)/b13-8-. The first-order chi connectivity index (χ1) is 13.4. The summed E-state index contributed by atoms with van der Waals surface area (Å²) in [5.74, 6) is -0.651. The lowest BCUT2D eigenvalue weighted by molar-refractivity contribution is -0.136. The second kappa shape index (κ2) is 8.20. The number of imide groups is 1. The van der Waals surface area contributed by atoms with Crippen molar-refractivity contribution in [3.63, 3.8) is 0 Å². The molecule has 2 heterocycles. The Kier molecular flexibility index (Phi) is 5.72. The number of ether oxygens (including phenoxy) is 2. The first-order valence-corrected chi connectivity index (χ1v) is 9.02. The van der Waals surface area contributed by atoms with Gasteiger partial charge in [0.25, 0.3) is 5.91 Å². The molecule has 0 saturated carbocycles. The molecule has 0 aliphatic carbocycles. The minimum Gasteiger partial charge on any atom is -0.502 e. The van der Waals surface area contributed by atoms with Gasteiger partial charge in [-0.2, -0.15) is 0 Å². The number of aromatic hydroxyl groups is 1. The third-order valence-corrected chi connectivity index (χ3v) is 4.78. The van der Waals surface area contributed by atoms with Crippen molar-refractivity contribution in [3.05, 3.63) is 23.4 Å². The van der Waals surface area contributed by atoms with Crippen LogP contribution in [0.1, 0.15) is 24.8 Å². The van der Waals surface area contributed by atoms with Gasteiger partial charge in [0, 0.05) is 13.1 Å². The van der Waals surface area contributed by atoms with Gasteiger partial charge < -0.3 is 24.8 Å². The van der Waals surface area contributed by atoms with E-state index in [2.05, 4.69) is 5.32 Å². The molecule has 2 aliphatic rings. The Morgan fingerprint density at radius 2 is 1.75 bits per heavy atom. The fraction of sp³-hybridized carbons (Fsp3) is 0.421. The summed E-state index contributed by atoms with van der Waals surface area (Å²) in [6.45, 7) is 1.01. The highest BCUT2D eigenvalue weighted by Gasteiger charge is 2.36. The first-order valence-electron chi connectivity index (χ1n) is 9.02. The fourth-order valence-corrected chi connectivity index (χ4v) is 3.26. The number of benzene rings is 1. The number of carbonyl (C=O) groups is 3. The second-order valence-electron chi connectivity index (χ2n) is 6.59. The van der Waals surface area contributed by atoms with Gasteiger partial charge in [-0.25, -0.2) is 9.69 Å². The molecule has 0 unspecified atom stereocenters. The van der Waals surface area contributed by atoms with Gasteiger partial charge >= 0.3 is 6.03 Å². The van der Waals surface area contributed by atoms with Crippen LogP contribution in [-0.4, -0.2) is 66.6 Å². The van der Waals surface area contributed by atoms with Crippen LogP contribution in [0.2, 0.25) is 0 Å². The van der Waals surface area contributed by atoms with E-state index in [9.17, 15) is 19.5 Å². The predicted molar refractivity (Wildman–Crippen MR) is 99.9 cm³/mol. The summed E-state index contributed by atoms with van der Waals surface area (Å²) in [6, 6.07) is 2.37. The van der Waals surface area contributed by atoms with Crippen LogP contribution in [0.25, 0.3) is 6.08 Å². The summed E-state index contributed by atoms with van der Waals surface area (Å²) in [5, 5.41) is 12.5. The molecule has 2 N–H and O–H groups in total. The van der Waals surface area contributed by atoms with E-state index in [0.29, 0.717) is 18.7 Å². The summed E-state index contributed by atoms with van der Waals surface area (Å²) in [6.07, 6.45) is 4.39. The van der Waals surface area contributed by atoms with E-state index >= 15 is 0 Å². The molecule has 3 rings (SSSR count). The van der Waals surface area contributed by atoms with Crippen LogP contribution in [0.4, 0.5) is 4.79 Å². The second-order valence-corrected chi connectivity index (χ2v) is 6.59. The number of nitrogens with one attached hydrogen (secondary N) is 1. The number of likely N-dealkylation sites (tertiary alicyclic amines) is 1. The summed E-state index contributed by atoms with van der Waals surface area (Å²) < 4.78 is 10.2. The van der Waals surface area contributed by atoms with Crippen molar-refractivity contribution in [1.82, 2.24) is 15.1 Å². The Morgan fingerprint density at radius 1 is 1.14 bits per heavy atom. The Labute approximate surface area is 162 Å². The van der Waals surface area contributed by atoms with Crippen LogP contribution in [0.3, 0.4) is 0 Å². The third kappa shape index (κ3) is 3.88. The molecule has 2 saturated heterocycles. The average molecular weight is 389 g/mol. The Balaban J connectivity index is 1.78. The summed E-state index contributed by atoms with van der Waals surface area (Å²) in [5.41, 5.74) is 0.519. The molecule has 9 heteroatoms. The van der Waals surface area contributed by atoms with Gasteiger partial charge in [-0.1, -0.05) is 0 Å². The van der Waals surface area contributed by atoms with E-state index < -0.39 is 11.9 Å². The zero-order valence-corrected chi connectivity index (χ0v) is 15.9. The van der Waals surface area contributed by atoms with E-state index in [4.69, 9.17) is 9.47 Å². The normalized spacial score (nSPS) is 18.4. The van der Waals surface area contributed by atoms with Crippen LogP contribution in [0.5, 0.6) is 17.2 Å². The quantitative estimate of drug-likeness (QED) is 0.581. The highest BCUT2D eigenvalue weighted by molar-refractivity contribution is 6.15. The van der Waals surface area contributed by atoms with Gasteiger partial charge in [-0.05, 0) is 43.0 Å². The lowest BCUT2D eigenvalue weighted by Crippen LogP contribution is -2.44. The van der Waals surface area contributed by atoms with E-state index in [1.54, 1.807) is 4.90 Å². The number of amides is 4. The molecule has 0 atom stereocenters. The topological polar surface area (TPSA) is 108 Å². The van der Waals surface area contributed by atoms with Gasteiger partial charge in [0.05, 0.1) is 14.2 Å². The molecular weight excluding hydrogens is 366 g/mol. The number of piperidine rings is 1. The number of phenolic OH excluding ortho intramolecular Hbond substituents is 1. The van der Waals surface area contributed by atoms with Crippen molar-refractivity contribution in [3.8, 4) is 17.2 Å². The van der Waals surface area contributed by atoms with E-state index in [1.807, 2.05) is 0 Å². The van der Waals surface area contributed by atoms with E-state index in [-0.39, 0.29) is 35.4 Å². The third-order valence-electron chi connectivity index (χ3n) is 4.78. The molecule has 0 spiro atoms. The molecule has 4 amide bonds. The van der Waals surface area contributed by atoms with E-state index in [1.165, 1.54) is 32.4 Å². The maximum Gasteiger partial charge on any atom is 0.329 e. The zero-order valence-electron chi connectivity index (χ0n) is 15.9. The minimum atomic E-state index is -0.640. The number of hydrogen-bond donors (Lipinski definition) is 2. The van der Waals surface area contributed by atoms with Crippen LogP contribution in [0.15, 0.2) is 17.8 Å². The first kappa shape index (κ1) is 19.5. The maximum absolute atomic E-state index is 12.6. The molecule has 0 radical (unpaired) electrons. The van der Waals surface area contributed by atoms with Crippen molar-refractivity contribution in [2.45, 2.75) is 19.3 Å². The molecule has 150 valence electrons. The molecule has 2 aliphatic heterocycles. The number of rotatable bonds is 5. The number of urea groups is 1. The van der Waals surface area contributed by atoms with Gasteiger partial charge in [-0.15, -0.1) is 0 Å². The lowest BCUT2D eigenvalue weighted by atomic mass is 10.1. The Bertz CT molecular complexity index is 804. The molecule has 28 heavy (non-hydrogen) atoms. The zero-order chi connectivity index (χ0) is 20.3. The minimum absolute atomic E-state index is 0.0336. The van der Waals surface area contributed by atoms with Gasteiger partial charge in [0.2, 0.25) is 11.7 Å².